The number of aliphatic hydroxyl groups is 1. The van der Waals surface area contributed by atoms with E-state index in [0.717, 1.165) is 10.0 Å². The molecule has 0 bridgehead atoms. The Balaban J connectivity index is 2.01. The molecule has 0 aromatic heterocycles. The topological polar surface area (TPSA) is 20.2 Å². The summed E-state index contributed by atoms with van der Waals surface area (Å²) in [6.45, 7) is 0. The van der Waals surface area contributed by atoms with Gasteiger partial charge in [-0.3, -0.25) is 0 Å². The molecular formula is C17H16BrFO. The van der Waals surface area contributed by atoms with Crippen molar-refractivity contribution in [2.75, 3.05) is 0 Å². The highest BCUT2D eigenvalue weighted by Crippen LogP contribution is 2.41. The molecule has 1 aliphatic rings. The summed E-state index contributed by atoms with van der Waals surface area (Å²) in [5, 5.41) is 10.6. The fourth-order valence-electron chi connectivity index (χ4n) is 2.74. The van der Waals surface area contributed by atoms with Gasteiger partial charge in [-0.25, -0.2) is 4.39 Å². The van der Waals surface area contributed by atoms with Crippen molar-refractivity contribution < 1.29 is 9.50 Å². The number of hydrogen-bond acceptors (Lipinski definition) is 1. The number of aliphatic hydroxyl groups excluding tert-OH is 1. The molecule has 0 spiro atoms. The lowest BCUT2D eigenvalue weighted by molar-refractivity contribution is 0.215. The minimum atomic E-state index is -0.795. The molecule has 1 saturated carbocycles. The van der Waals surface area contributed by atoms with Crippen molar-refractivity contribution in [2.24, 2.45) is 0 Å². The zero-order valence-electron chi connectivity index (χ0n) is 11.0. The standard InChI is InChI=1S/C17H16BrFO/c18-16-9-8-12(19)10-15(16)17(20)14-7-2-1-6-13(14)11-4-3-5-11/h1-2,6-11,17,20H,3-5H2. The Kier molecular flexibility index (Phi) is 3.90. The first-order valence-electron chi connectivity index (χ1n) is 6.88. The zero-order valence-corrected chi connectivity index (χ0v) is 12.6. The van der Waals surface area contributed by atoms with Gasteiger partial charge in [0.1, 0.15) is 11.9 Å². The smallest absolute Gasteiger partial charge is 0.123 e. The van der Waals surface area contributed by atoms with Crippen molar-refractivity contribution in [3.8, 4) is 0 Å². The summed E-state index contributed by atoms with van der Waals surface area (Å²) < 4.78 is 14.2. The van der Waals surface area contributed by atoms with Gasteiger partial charge in [-0.15, -0.1) is 0 Å². The second-order valence-electron chi connectivity index (χ2n) is 5.33. The summed E-state index contributed by atoms with van der Waals surface area (Å²) in [6.07, 6.45) is 2.80. The maximum atomic E-state index is 13.4. The largest absolute Gasteiger partial charge is 0.384 e. The van der Waals surface area contributed by atoms with Crippen LogP contribution in [-0.2, 0) is 0 Å². The Hall–Kier alpha value is -1.19. The first kappa shape index (κ1) is 13.8. The normalized spacial score (nSPS) is 16.8. The molecule has 1 unspecified atom stereocenters. The average molecular weight is 335 g/mol. The summed E-state index contributed by atoms with van der Waals surface area (Å²) in [4.78, 5) is 0. The molecule has 104 valence electrons. The fraction of sp³-hybridized carbons (Fsp3) is 0.294. The van der Waals surface area contributed by atoms with Gasteiger partial charge in [0.25, 0.3) is 0 Å². The third-order valence-corrected chi connectivity index (χ3v) is 4.81. The van der Waals surface area contributed by atoms with Gasteiger partial charge in [0, 0.05) is 10.0 Å². The number of rotatable bonds is 3. The first-order chi connectivity index (χ1) is 9.66. The van der Waals surface area contributed by atoms with E-state index in [-0.39, 0.29) is 5.82 Å². The van der Waals surface area contributed by atoms with Gasteiger partial charge in [0.15, 0.2) is 0 Å². The molecule has 2 aromatic carbocycles. The van der Waals surface area contributed by atoms with E-state index in [0.29, 0.717) is 11.5 Å². The molecule has 1 nitrogen and oxygen atoms in total. The number of halogens is 2. The molecule has 1 aliphatic carbocycles. The Morgan fingerprint density at radius 2 is 1.85 bits per heavy atom. The zero-order chi connectivity index (χ0) is 14.1. The molecule has 0 amide bonds. The summed E-state index contributed by atoms with van der Waals surface area (Å²) in [7, 11) is 0. The highest BCUT2D eigenvalue weighted by molar-refractivity contribution is 9.10. The van der Waals surface area contributed by atoms with Gasteiger partial charge in [-0.1, -0.05) is 46.6 Å². The minimum Gasteiger partial charge on any atom is -0.384 e. The number of hydrogen-bond donors (Lipinski definition) is 1. The van der Waals surface area contributed by atoms with Gasteiger partial charge in [0.05, 0.1) is 0 Å². The Morgan fingerprint density at radius 1 is 1.10 bits per heavy atom. The molecule has 0 aliphatic heterocycles. The van der Waals surface area contributed by atoms with E-state index >= 15 is 0 Å². The molecule has 0 saturated heterocycles. The predicted molar refractivity (Wildman–Crippen MR) is 81.2 cm³/mol. The van der Waals surface area contributed by atoms with Crippen molar-refractivity contribution in [3.05, 3.63) is 69.4 Å². The monoisotopic (exact) mass is 334 g/mol. The van der Waals surface area contributed by atoms with Gasteiger partial charge >= 0.3 is 0 Å². The molecule has 1 atom stereocenters. The van der Waals surface area contributed by atoms with Crippen LogP contribution in [0.2, 0.25) is 0 Å². The molecule has 0 radical (unpaired) electrons. The second-order valence-corrected chi connectivity index (χ2v) is 6.18. The van der Waals surface area contributed by atoms with Crippen molar-refractivity contribution in [2.45, 2.75) is 31.3 Å². The SMILES string of the molecule is OC(c1cc(F)ccc1Br)c1ccccc1C1CCC1. The maximum Gasteiger partial charge on any atom is 0.123 e. The van der Waals surface area contributed by atoms with Crippen molar-refractivity contribution >= 4 is 15.9 Å². The fourth-order valence-corrected chi connectivity index (χ4v) is 3.21. The van der Waals surface area contributed by atoms with Crippen molar-refractivity contribution in [3.63, 3.8) is 0 Å². The van der Waals surface area contributed by atoms with Crippen molar-refractivity contribution in [1.29, 1.82) is 0 Å². The van der Waals surface area contributed by atoms with Crippen LogP contribution >= 0.6 is 15.9 Å². The second kappa shape index (κ2) is 5.66. The maximum absolute atomic E-state index is 13.4. The highest BCUT2D eigenvalue weighted by Gasteiger charge is 2.25. The molecular weight excluding hydrogens is 319 g/mol. The van der Waals surface area contributed by atoms with E-state index in [9.17, 15) is 9.50 Å². The third kappa shape index (κ3) is 2.52. The van der Waals surface area contributed by atoms with E-state index in [1.54, 1.807) is 6.07 Å². The highest BCUT2D eigenvalue weighted by atomic mass is 79.9. The van der Waals surface area contributed by atoms with Crippen LogP contribution in [0, 0.1) is 5.82 Å². The van der Waals surface area contributed by atoms with Crippen LogP contribution in [0.25, 0.3) is 0 Å². The van der Waals surface area contributed by atoms with E-state index in [1.165, 1.54) is 37.0 Å². The number of benzene rings is 2. The molecule has 0 heterocycles. The van der Waals surface area contributed by atoms with Crippen LogP contribution < -0.4 is 0 Å². The van der Waals surface area contributed by atoms with E-state index in [2.05, 4.69) is 22.0 Å². The molecule has 2 aromatic rings. The van der Waals surface area contributed by atoms with E-state index < -0.39 is 6.10 Å². The van der Waals surface area contributed by atoms with Crippen LogP contribution in [0.15, 0.2) is 46.9 Å². The quantitative estimate of drug-likeness (QED) is 0.843. The lowest BCUT2D eigenvalue weighted by atomic mass is 9.77. The van der Waals surface area contributed by atoms with Gasteiger partial charge < -0.3 is 5.11 Å². The Bertz CT molecular complexity index is 622. The lowest BCUT2D eigenvalue weighted by Gasteiger charge is -2.29. The molecule has 20 heavy (non-hydrogen) atoms. The van der Waals surface area contributed by atoms with E-state index in [4.69, 9.17) is 0 Å². The van der Waals surface area contributed by atoms with Gasteiger partial charge in [-0.05, 0) is 48.1 Å². The molecule has 1 fully saturated rings. The summed E-state index contributed by atoms with van der Waals surface area (Å²) in [6, 6.07) is 12.4. The van der Waals surface area contributed by atoms with E-state index in [1.807, 2.05) is 18.2 Å². The molecule has 3 heteroatoms. The summed E-state index contributed by atoms with van der Waals surface area (Å²) in [5.74, 6) is 0.205. The Labute approximate surface area is 126 Å². The third-order valence-electron chi connectivity index (χ3n) is 4.09. The average Bonchev–Trinajstić information content (AvgIpc) is 2.39. The van der Waals surface area contributed by atoms with Crippen LogP contribution in [0.4, 0.5) is 4.39 Å². The van der Waals surface area contributed by atoms with Gasteiger partial charge in [0.2, 0.25) is 0 Å². The predicted octanol–water partition coefficient (Wildman–Crippen LogP) is 4.94. The minimum absolute atomic E-state index is 0.330. The first-order valence-corrected chi connectivity index (χ1v) is 7.68. The summed E-state index contributed by atoms with van der Waals surface area (Å²) in [5.41, 5.74) is 2.67. The Morgan fingerprint density at radius 3 is 2.55 bits per heavy atom. The van der Waals surface area contributed by atoms with Crippen LogP contribution in [-0.4, -0.2) is 5.11 Å². The van der Waals surface area contributed by atoms with Crippen LogP contribution in [0.3, 0.4) is 0 Å². The van der Waals surface area contributed by atoms with Gasteiger partial charge in [-0.2, -0.15) is 0 Å². The van der Waals surface area contributed by atoms with Crippen LogP contribution in [0.5, 0.6) is 0 Å². The molecule has 3 rings (SSSR count). The van der Waals surface area contributed by atoms with Crippen LogP contribution in [0.1, 0.15) is 48.0 Å². The molecule has 1 N–H and O–H groups in total. The summed E-state index contributed by atoms with van der Waals surface area (Å²) >= 11 is 3.39. The van der Waals surface area contributed by atoms with Crippen molar-refractivity contribution in [1.82, 2.24) is 0 Å². The lowest BCUT2D eigenvalue weighted by Crippen LogP contribution is -2.13.